The van der Waals surface area contributed by atoms with Gasteiger partial charge >= 0.3 is 6.18 Å². The van der Waals surface area contributed by atoms with Gasteiger partial charge < -0.3 is 0 Å². The van der Waals surface area contributed by atoms with Crippen molar-refractivity contribution in [2.24, 2.45) is 0 Å². The van der Waals surface area contributed by atoms with Crippen LogP contribution in [0.5, 0.6) is 0 Å². The minimum atomic E-state index is -5.08. The van der Waals surface area contributed by atoms with Gasteiger partial charge in [-0.1, -0.05) is 15.9 Å². The molecule has 1 aromatic rings. The van der Waals surface area contributed by atoms with Crippen molar-refractivity contribution >= 4 is 15.9 Å². The van der Waals surface area contributed by atoms with Crippen LogP contribution < -0.4 is 0 Å². The van der Waals surface area contributed by atoms with Crippen LogP contribution in [0.25, 0.3) is 0 Å². The second kappa shape index (κ2) is 3.73. The van der Waals surface area contributed by atoms with E-state index in [4.69, 9.17) is 0 Å². The number of rotatable bonds is 1. The van der Waals surface area contributed by atoms with Crippen LogP contribution in [-0.2, 0) is 5.67 Å². The van der Waals surface area contributed by atoms with Gasteiger partial charge in [-0.15, -0.1) is 0 Å². The van der Waals surface area contributed by atoms with Gasteiger partial charge in [0.2, 0.25) is 5.67 Å². The van der Waals surface area contributed by atoms with Crippen LogP contribution >= 0.6 is 15.9 Å². The molecule has 0 aliphatic carbocycles. The fourth-order valence-electron chi connectivity index (χ4n) is 1.01. The molecule has 1 atom stereocenters. The van der Waals surface area contributed by atoms with Gasteiger partial charge in [0.15, 0.2) is 0 Å². The Morgan fingerprint density at radius 1 is 1.13 bits per heavy atom. The van der Waals surface area contributed by atoms with E-state index in [0.717, 1.165) is 12.1 Å². The summed E-state index contributed by atoms with van der Waals surface area (Å²) in [6.07, 6.45) is -5.08. The Morgan fingerprint density at radius 3 is 2.13 bits per heavy atom. The van der Waals surface area contributed by atoms with Gasteiger partial charge in [-0.05, 0) is 25.1 Å². The van der Waals surface area contributed by atoms with Gasteiger partial charge in [0.25, 0.3) is 0 Å². The average molecular weight is 289 g/mol. The fourth-order valence-corrected chi connectivity index (χ4v) is 1.63. The first-order valence-electron chi connectivity index (χ1n) is 3.87. The molecule has 0 aliphatic heterocycles. The number of hydrogen-bond acceptors (Lipinski definition) is 0. The molecule has 1 aromatic carbocycles. The van der Waals surface area contributed by atoms with Gasteiger partial charge in [0.1, 0.15) is 5.82 Å². The Balaban J connectivity index is 3.32. The summed E-state index contributed by atoms with van der Waals surface area (Å²) < 4.78 is 63.0. The molecule has 15 heavy (non-hydrogen) atoms. The molecule has 1 unspecified atom stereocenters. The van der Waals surface area contributed by atoms with Crippen LogP contribution in [0.2, 0.25) is 0 Å². The predicted molar refractivity (Wildman–Crippen MR) is 48.6 cm³/mol. The molecular formula is C9H6BrF5. The maximum Gasteiger partial charge on any atom is 0.426 e. The van der Waals surface area contributed by atoms with Gasteiger partial charge in [-0.2, -0.15) is 13.2 Å². The zero-order chi connectivity index (χ0) is 11.9. The summed E-state index contributed by atoms with van der Waals surface area (Å²) in [5.74, 6) is -0.915. The fraction of sp³-hybridized carbons (Fsp3) is 0.333. The highest BCUT2D eigenvalue weighted by molar-refractivity contribution is 9.10. The largest absolute Gasteiger partial charge is 0.426 e. The number of benzene rings is 1. The van der Waals surface area contributed by atoms with Gasteiger partial charge in [-0.3, -0.25) is 0 Å². The van der Waals surface area contributed by atoms with E-state index in [2.05, 4.69) is 15.9 Å². The van der Waals surface area contributed by atoms with E-state index in [-0.39, 0.29) is 4.47 Å². The molecule has 0 amide bonds. The van der Waals surface area contributed by atoms with Crippen molar-refractivity contribution in [2.45, 2.75) is 18.8 Å². The molecule has 0 aliphatic rings. The van der Waals surface area contributed by atoms with Crippen molar-refractivity contribution in [3.8, 4) is 0 Å². The zero-order valence-corrected chi connectivity index (χ0v) is 9.09. The molecule has 0 aromatic heterocycles. The van der Waals surface area contributed by atoms with E-state index < -0.39 is 23.2 Å². The van der Waals surface area contributed by atoms with Crippen molar-refractivity contribution < 1.29 is 22.0 Å². The lowest BCUT2D eigenvalue weighted by Crippen LogP contribution is -2.35. The molecule has 6 heteroatoms. The predicted octanol–water partition coefficient (Wildman–Crippen LogP) is 4.34. The molecule has 1 rings (SSSR count). The first-order valence-corrected chi connectivity index (χ1v) is 4.66. The highest BCUT2D eigenvalue weighted by Gasteiger charge is 2.54. The molecule has 0 saturated carbocycles. The number of halogens is 6. The van der Waals surface area contributed by atoms with E-state index in [9.17, 15) is 22.0 Å². The smallest absolute Gasteiger partial charge is 0.229 e. The highest BCUT2D eigenvalue weighted by atomic mass is 79.9. The summed E-state index contributed by atoms with van der Waals surface area (Å²) in [7, 11) is 0. The normalized spacial score (nSPS) is 16.2. The van der Waals surface area contributed by atoms with Crippen molar-refractivity contribution in [3.63, 3.8) is 0 Å². The van der Waals surface area contributed by atoms with E-state index in [1.165, 1.54) is 0 Å². The van der Waals surface area contributed by atoms with Crippen LogP contribution in [0.3, 0.4) is 0 Å². The van der Waals surface area contributed by atoms with Crippen LogP contribution in [0.1, 0.15) is 12.5 Å². The van der Waals surface area contributed by atoms with Crippen LogP contribution in [0.15, 0.2) is 22.7 Å². The van der Waals surface area contributed by atoms with E-state index in [1.807, 2.05) is 0 Å². The van der Waals surface area contributed by atoms with Crippen LogP contribution in [-0.4, -0.2) is 6.18 Å². The Kier molecular flexibility index (Phi) is 3.09. The summed E-state index contributed by atoms with van der Waals surface area (Å²) >= 11 is 2.75. The minimum Gasteiger partial charge on any atom is -0.229 e. The molecule has 0 N–H and O–H groups in total. The molecule has 0 radical (unpaired) electrons. The van der Waals surface area contributed by atoms with Gasteiger partial charge in [0, 0.05) is 10.0 Å². The van der Waals surface area contributed by atoms with Crippen LogP contribution in [0, 0.1) is 5.82 Å². The summed E-state index contributed by atoms with van der Waals surface area (Å²) in [5, 5.41) is 0. The third kappa shape index (κ3) is 2.30. The lowest BCUT2D eigenvalue weighted by Gasteiger charge is -2.24. The lowest BCUT2D eigenvalue weighted by molar-refractivity contribution is -0.229. The average Bonchev–Trinajstić information content (AvgIpc) is 2.07. The Labute approximate surface area is 91.2 Å². The molecule has 0 heterocycles. The standard InChI is InChI=1S/C9H6BrF5/c1-8(12,9(13,14)15)6-4-5(11)2-3-7(6)10/h2-4H,1H3. The second-order valence-electron chi connectivity index (χ2n) is 3.12. The molecule has 0 spiro atoms. The molecule has 0 fully saturated rings. The van der Waals surface area contributed by atoms with Crippen molar-refractivity contribution in [2.75, 3.05) is 0 Å². The minimum absolute atomic E-state index is 0.119. The topological polar surface area (TPSA) is 0 Å². The van der Waals surface area contributed by atoms with Crippen LogP contribution in [0.4, 0.5) is 22.0 Å². The van der Waals surface area contributed by atoms with Crippen molar-refractivity contribution in [3.05, 3.63) is 34.1 Å². The summed E-state index contributed by atoms with van der Waals surface area (Å²) in [6.45, 7) is 0.354. The van der Waals surface area contributed by atoms with E-state index in [1.54, 1.807) is 0 Å². The molecular weight excluding hydrogens is 283 g/mol. The third-order valence-electron chi connectivity index (χ3n) is 1.97. The first-order chi connectivity index (χ1) is 6.66. The Hall–Kier alpha value is -0.650. The van der Waals surface area contributed by atoms with Gasteiger partial charge in [-0.25, -0.2) is 8.78 Å². The highest BCUT2D eigenvalue weighted by Crippen LogP contribution is 2.44. The van der Waals surface area contributed by atoms with E-state index in [0.29, 0.717) is 13.0 Å². The van der Waals surface area contributed by atoms with Crippen molar-refractivity contribution in [1.82, 2.24) is 0 Å². The maximum absolute atomic E-state index is 13.4. The summed E-state index contributed by atoms with van der Waals surface area (Å²) in [4.78, 5) is 0. The zero-order valence-electron chi connectivity index (χ0n) is 7.50. The van der Waals surface area contributed by atoms with Gasteiger partial charge in [0.05, 0.1) is 0 Å². The number of hydrogen-bond donors (Lipinski definition) is 0. The van der Waals surface area contributed by atoms with Crippen molar-refractivity contribution in [1.29, 1.82) is 0 Å². The number of alkyl halides is 4. The molecule has 0 nitrogen and oxygen atoms in total. The first kappa shape index (κ1) is 12.4. The maximum atomic E-state index is 13.4. The SMILES string of the molecule is CC(F)(c1cc(F)ccc1Br)C(F)(F)F. The molecule has 0 saturated heterocycles. The summed E-state index contributed by atoms with van der Waals surface area (Å²) in [6, 6.07) is 2.51. The second-order valence-corrected chi connectivity index (χ2v) is 3.98. The van der Waals surface area contributed by atoms with E-state index >= 15 is 0 Å². The quantitative estimate of drug-likeness (QED) is 0.675. The molecule has 0 bridgehead atoms. The Bertz CT molecular complexity index is 369. The molecule has 84 valence electrons. The third-order valence-corrected chi connectivity index (χ3v) is 2.66. The lowest BCUT2D eigenvalue weighted by atomic mass is 9.97. The summed E-state index contributed by atoms with van der Waals surface area (Å²) in [5.41, 5.74) is -4.34. The monoisotopic (exact) mass is 288 g/mol. The Morgan fingerprint density at radius 2 is 1.67 bits per heavy atom.